The van der Waals surface area contributed by atoms with Gasteiger partial charge >= 0.3 is 0 Å². The number of nitrogens with one attached hydrogen (secondary N) is 1. The van der Waals surface area contributed by atoms with E-state index in [1.807, 2.05) is 32.0 Å². The number of hydrogen-bond donors (Lipinski definition) is 1. The maximum absolute atomic E-state index is 12.2. The second-order valence-corrected chi connectivity index (χ2v) is 8.27. The molecule has 2 amide bonds. The fourth-order valence-electron chi connectivity index (χ4n) is 3.86. The number of carbonyl (C=O) groups is 2. The lowest BCUT2D eigenvalue weighted by molar-refractivity contribution is -0.152. The van der Waals surface area contributed by atoms with E-state index in [-0.39, 0.29) is 23.3 Å². The zero-order valence-electron chi connectivity index (χ0n) is 16.5. The van der Waals surface area contributed by atoms with Gasteiger partial charge in [0, 0.05) is 31.0 Å². The number of methoxy groups -OCH3 is 1. The van der Waals surface area contributed by atoms with E-state index < -0.39 is 0 Å². The summed E-state index contributed by atoms with van der Waals surface area (Å²) < 4.78 is 11.3. The summed E-state index contributed by atoms with van der Waals surface area (Å²) in [5.41, 5.74) is 0.903. The second kappa shape index (κ2) is 8.30. The van der Waals surface area contributed by atoms with Crippen LogP contribution in [0.1, 0.15) is 45.1 Å². The lowest BCUT2D eigenvalue weighted by atomic mass is 9.82. The predicted octanol–water partition coefficient (Wildman–Crippen LogP) is 2.54. The SMILES string of the molecule is COc1cccc2c1CC(NCCCCN1C(=O)CC(C)(C)CC1=O)CO2. The average molecular weight is 374 g/mol. The van der Waals surface area contributed by atoms with Crippen molar-refractivity contribution in [3.8, 4) is 11.5 Å². The molecule has 0 radical (unpaired) electrons. The Labute approximate surface area is 161 Å². The zero-order valence-corrected chi connectivity index (χ0v) is 16.5. The first-order valence-electron chi connectivity index (χ1n) is 9.75. The number of piperidine rings is 1. The van der Waals surface area contributed by atoms with E-state index in [0.29, 0.717) is 26.0 Å². The number of hydrogen-bond acceptors (Lipinski definition) is 5. The van der Waals surface area contributed by atoms with Crippen LogP contribution in [0, 0.1) is 5.41 Å². The third-order valence-electron chi connectivity index (χ3n) is 5.30. The molecule has 1 fully saturated rings. The Kier molecular flexibility index (Phi) is 6.05. The molecule has 1 aromatic carbocycles. The summed E-state index contributed by atoms with van der Waals surface area (Å²) in [6.45, 7) is 5.94. The first-order chi connectivity index (χ1) is 12.9. The summed E-state index contributed by atoms with van der Waals surface area (Å²) in [7, 11) is 1.68. The Morgan fingerprint density at radius 2 is 1.96 bits per heavy atom. The number of imide groups is 1. The van der Waals surface area contributed by atoms with E-state index in [0.717, 1.165) is 42.9 Å². The number of unbranched alkanes of at least 4 members (excludes halogenated alkanes) is 1. The van der Waals surface area contributed by atoms with Crippen LogP contribution in [-0.2, 0) is 16.0 Å². The molecule has 2 aliphatic rings. The molecule has 0 saturated carbocycles. The molecule has 1 saturated heterocycles. The highest BCUT2D eigenvalue weighted by Gasteiger charge is 2.36. The molecular formula is C21H30N2O4. The van der Waals surface area contributed by atoms with Gasteiger partial charge in [-0.05, 0) is 43.4 Å². The quantitative estimate of drug-likeness (QED) is 0.587. The first-order valence-corrected chi connectivity index (χ1v) is 9.75. The molecule has 0 aromatic heterocycles. The Balaban J connectivity index is 1.40. The summed E-state index contributed by atoms with van der Waals surface area (Å²) in [5.74, 6) is 1.70. The van der Waals surface area contributed by atoms with Crippen LogP contribution in [0.4, 0.5) is 0 Å². The normalized spacial score (nSPS) is 21.6. The molecule has 1 unspecified atom stereocenters. The van der Waals surface area contributed by atoms with E-state index in [9.17, 15) is 9.59 Å². The van der Waals surface area contributed by atoms with Crippen LogP contribution < -0.4 is 14.8 Å². The first kappa shape index (κ1) is 19.7. The highest BCUT2D eigenvalue weighted by Crippen LogP contribution is 2.33. The van der Waals surface area contributed by atoms with Gasteiger partial charge in [0.2, 0.25) is 11.8 Å². The Hall–Kier alpha value is -2.08. The summed E-state index contributed by atoms with van der Waals surface area (Å²) in [4.78, 5) is 25.8. The molecule has 1 atom stereocenters. The molecule has 148 valence electrons. The van der Waals surface area contributed by atoms with Crippen LogP contribution in [0.15, 0.2) is 18.2 Å². The Morgan fingerprint density at radius 3 is 2.67 bits per heavy atom. The van der Waals surface area contributed by atoms with Gasteiger partial charge in [0.15, 0.2) is 0 Å². The van der Waals surface area contributed by atoms with Crippen molar-refractivity contribution < 1.29 is 19.1 Å². The molecular weight excluding hydrogens is 344 g/mol. The van der Waals surface area contributed by atoms with Crippen molar-refractivity contribution in [1.82, 2.24) is 10.2 Å². The fourth-order valence-corrected chi connectivity index (χ4v) is 3.86. The zero-order chi connectivity index (χ0) is 19.4. The summed E-state index contributed by atoms with van der Waals surface area (Å²) in [5, 5.41) is 3.52. The number of benzene rings is 1. The number of likely N-dealkylation sites (tertiary alicyclic amines) is 1. The van der Waals surface area contributed by atoms with Gasteiger partial charge in [-0.2, -0.15) is 0 Å². The molecule has 0 aliphatic carbocycles. The molecule has 0 bridgehead atoms. The van der Waals surface area contributed by atoms with Crippen molar-refractivity contribution >= 4 is 11.8 Å². The number of amides is 2. The van der Waals surface area contributed by atoms with E-state index in [1.54, 1.807) is 7.11 Å². The minimum absolute atomic E-state index is 0.0337. The monoisotopic (exact) mass is 374 g/mol. The second-order valence-electron chi connectivity index (χ2n) is 8.27. The van der Waals surface area contributed by atoms with E-state index >= 15 is 0 Å². The van der Waals surface area contributed by atoms with Crippen LogP contribution in [0.5, 0.6) is 11.5 Å². The van der Waals surface area contributed by atoms with Crippen molar-refractivity contribution in [1.29, 1.82) is 0 Å². The van der Waals surface area contributed by atoms with Crippen molar-refractivity contribution in [3.63, 3.8) is 0 Å². The van der Waals surface area contributed by atoms with E-state index in [1.165, 1.54) is 4.90 Å². The lowest BCUT2D eigenvalue weighted by Crippen LogP contribution is -2.46. The minimum atomic E-state index is -0.204. The third-order valence-corrected chi connectivity index (χ3v) is 5.30. The number of rotatable bonds is 7. The minimum Gasteiger partial charge on any atom is -0.496 e. The summed E-state index contributed by atoms with van der Waals surface area (Å²) in [6.07, 6.45) is 3.51. The Morgan fingerprint density at radius 1 is 1.22 bits per heavy atom. The standard InChI is InChI=1S/C21H30N2O4/c1-21(2)12-19(24)23(20(25)13-21)10-5-4-9-22-15-11-16-17(26-3)7-6-8-18(16)27-14-15/h6-8,15,22H,4-5,9-14H2,1-3H3. The predicted molar refractivity (Wildman–Crippen MR) is 103 cm³/mol. The Bertz CT molecular complexity index is 667. The van der Waals surface area contributed by atoms with Crippen molar-refractivity contribution in [2.45, 2.75) is 52.0 Å². The van der Waals surface area contributed by atoms with Gasteiger partial charge in [-0.1, -0.05) is 19.9 Å². The van der Waals surface area contributed by atoms with Crippen LogP contribution in [0.3, 0.4) is 0 Å². The van der Waals surface area contributed by atoms with Gasteiger partial charge in [0.05, 0.1) is 7.11 Å². The molecule has 1 N–H and O–H groups in total. The maximum Gasteiger partial charge on any atom is 0.229 e. The smallest absolute Gasteiger partial charge is 0.229 e. The highest BCUT2D eigenvalue weighted by atomic mass is 16.5. The average Bonchev–Trinajstić information content (AvgIpc) is 2.61. The maximum atomic E-state index is 12.2. The van der Waals surface area contributed by atoms with Crippen LogP contribution in [-0.4, -0.2) is 49.6 Å². The van der Waals surface area contributed by atoms with Gasteiger partial charge < -0.3 is 14.8 Å². The molecule has 2 aliphatic heterocycles. The molecule has 27 heavy (non-hydrogen) atoms. The van der Waals surface area contributed by atoms with Gasteiger partial charge in [0.25, 0.3) is 0 Å². The largest absolute Gasteiger partial charge is 0.496 e. The van der Waals surface area contributed by atoms with Crippen molar-refractivity contribution in [3.05, 3.63) is 23.8 Å². The van der Waals surface area contributed by atoms with Crippen molar-refractivity contribution in [2.24, 2.45) is 5.41 Å². The van der Waals surface area contributed by atoms with Gasteiger partial charge in [-0.25, -0.2) is 0 Å². The number of fused-ring (bicyclic) bond motifs is 1. The number of carbonyl (C=O) groups excluding carboxylic acids is 2. The number of ether oxygens (including phenoxy) is 2. The molecule has 0 spiro atoms. The van der Waals surface area contributed by atoms with Crippen molar-refractivity contribution in [2.75, 3.05) is 26.8 Å². The number of nitrogens with zero attached hydrogens (tertiary/aromatic N) is 1. The van der Waals surface area contributed by atoms with Gasteiger partial charge in [0.1, 0.15) is 18.1 Å². The summed E-state index contributed by atoms with van der Waals surface area (Å²) >= 11 is 0. The summed E-state index contributed by atoms with van der Waals surface area (Å²) in [6, 6.07) is 6.11. The van der Waals surface area contributed by atoms with Crippen LogP contribution in [0.2, 0.25) is 0 Å². The molecule has 6 nitrogen and oxygen atoms in total. The fraction of sp³-hybridized carbons (Fsp3) is 0.619. The highest BCUT2D eigenvalue weighted by molar-refractivity contribution is 5.98. The van der Waals surface area contributed by atoms with Gasteiger partial charge in [-0.15, -0.1) is 0 Å². The van der Waals surface area contributed by atoms with Gasteiger partial charge in [-0.3, -0.25) is 14.5 Å². The topological polar surface area (TPSA) is 67.9 Å². The molecule has 1 aromatic rings. The van der Waals surface area contributed by atoms with Crippen LogP contribution >= 0.6 is 0 Å². The van der Waals surface area contributed by atoms with E-state index in [2.05, 4.69) is 5.32 Å². The molecule has 2 heterocycles. The molecule has 3 rings (SSSR count). The lowest BCUT2D eigenvalue weighted by Gasteiger charge is -2.34. The molecule has 6 heteroatoms. The van der Waals surface area contributed by atoms with E-state index in [4.69, 9.17) is 9.47 Å². The van der Waals surface area contributed by atoms with Crippen LogP contribution in [0.25, 0.3) is 0 Å². The third kappa shape index (κ3) is 4.80.